The van der Waals surface area contributed by atoms with Gasteiger partial charge >= 0.3 is 11.9 Å². The number of hydrogen-bond donors (Lipinski definition) is 0. The van der Waals surface area contributed by atoms with E-state index in [1.807, 2.05) is 0 Å². The minimum atomic E-state index is -0.909. The van der Waals surface area contributed by atoms with Crippen LogP contribution in [-0.4, -0.2) is 35.8 Å². The Hall–Kier alpha value is -0.261. The van der Waals surface area contributed by atoms with Gasteiger partial charge in [-0.1, -0.05) is 131 Å². The van der Waals surface area contributed by atoms with E-state index in [-0.39, 0.29) is 51.6 Å². The fourth-order valence-corrected chi connectivity index (χ4v) is 3.16. The summed E-state index contributed by atoms with van der Waals surface area (Å²) in [6.45, 7) is 4.44. The van der Waals surface area contributed by atoms with E-state index < -0.39 is 11.9 Å². The monoisotopic (exact) mass is 550 g/mol. The Morgan fingerprint density at radius 3 is 0.806 bits per heavy atom. The van der Waals surface area contributed by atoms with Crippen molar-refractivity contribution in [1.29, 1.82) is 0 Å². The predicted molar refractivity (Wildman–Crippen MR) is 134 cm³/mol. The van der Waals surface area contributed by atoms with Crippen LogP contribution in [0.4, 0.5) is 0 Å². The topological polar surface area (TPSA) is 73.9 Å². The Balaban J connectivity index is -0.000000133. The third-order valence-corrected chi connectivity index (χ3v) is 4.97. The van der Waals surface area contributed by atoms with Gasteiger partial charge in [0.05, 0.1) is 12.8 Å². The molecule has 4 nitrogen and oxygen atoms in total. The number of carbonyl (C=O) groups is 2. The standard InChI is InChI=1S/2C12H23O2.2CH4.Sn/c2*1-2-3-4-5-6-7-8-9-10-11-12(13)14;;;/h2*2-11H2,1H3;2*1H4;. The Bertz CT molecular complexity index is 303. The van der Waals surface area contributed by atoms with Crippen molar-refractivity contribution in [2.45, 2.75) is 157 Å². The van der Waals surface area contributed by atoms with Crippen molar-refractivity contribution in [3.05, 3.63) is 0 Å². The van der Waals surface area contributed by atoms with E-state index in [2.05, 4.69) is 13.8 Å². The van der Waals surface area contributed by atoms with Gasteiger partial charge in [0.25, 0.3) is 0 Å². The van der Waals surface area contributed by atoms with E-state index in [1.54, 1.807) is 0 Å². The van der Waals surface area contributed by atoms with Gasteiger partial charge in [-0.3, -0.25) is 0 Å². The van der Waals surface area contributed by atoms with Gasteiger partial charge in [-0.25, -0.2) is 19.8 Å². The second kappa shape index (κ2) is 37.1. The fraction of sp³-hybridized carbons (Fsp3) is 0.923. The minimum absolute atomic E-state index is 0. The van der Waals surface area contributed by atoms with Crippen LogP contribution in [0.5, 0.6) is 0 Å². The molecule has 0 heterocycles. The molecule has 0 unspecified atom stereocenters. The summed E-state index contributed by atoms with van der Waals surface area (Å²) in [4.78, 5) is 20.2. The molecule has 0 N–H and O–H groups in total. The van der Waals surface area contributed by atoms with Gasteiger partial charge in [0, 0.05) is 23.9 Å². The quantitative estimate of drug-likeness (QED) is 0.113. The first-order chi connectivity index (χ1) is 13.5. The molecule has 0 aliphatic rings. The van der Waals surface area contributed by atoms with Crippen LogP contribution in [0.3, 0.4) is 0 Å². The molecule has 0 spiro atoms. The van der Waals surface area contributed by atoms with Gasteiger partial charge in [0.1, 0.15) is 0 Å². The van der Waals surface area contributed by atoms with Crippen molar-refractivity contribution >= 4 is 35.8 Å². The molecular weight excluding hydrogens is 495 g/mol. The van der Waals surface area contributed by atoms with E-state index in [9.17, 15) is 19.8 Å². The number of hydrogen-bond acceptors (Lipinski definition) is 2. The Morgan fingerprint density at radius 2 is 0.613 bits per heavy atom. The van der Waals surface area contributed by atoms with Crippen molar-refractivity contribution in [3.63, 3.8) is 0 Å². The molecule has 186 valence electrons. The normalized spacial score (nSPS) is 9.35. The summed E-state index contributed by atoms with van der Waals surface area (Å²) in [5, 5.41) is 20.2. The molecule has 0 bridgehead atoms. The largest absolute Gasteiger partial charge is 0.355 e. The number of unbranched alkanes of at least 4 members (excludes halogenated alkanes) is 16. The molecule has 6 radical (unpaired) electrons. The molecule has 0 aromatic carbocycles. The molecule has 0 saturated carbocycles. The van der Waals surface area contributed by atoms with Crippen molar-refractivity contribution < 1.29 is 19.8 Å². The first kappa shape index (κ1) is 41.0. The molecular formula is C26H54O4Sn. The van der Waals surface area contributed by atoms with Crippen LogP contribution in [0.25, 0.3) is 0 Å². The number of carbonyl (C=O) groups excluding carboxylic acids is 2. The average molecular weight is 549 g/mol. The van der Waals surface area contributed by atoms with Crippen LogP contribution in [0.1, 0.15) is 157 Å². The van der Waals surface area contributed by atoms with E-state index in [1.165, 1.54) is 89.9 Å². The third kappa shape index (κ3) is 48.4. The van der Waals surface area contributed by atoms with Gasteiger partial charge < -0.3 is 0 Å². The zero-order chi connectivity index (χ0) is 21.3. The zero-order valence-electron chi connectivity index (χ0n) is 19.3. The maximum Gasteiger partial charge on any atom is 0.355 e. The van der Waals surface area contributed by atoms with E-state index in [4.69, 9.17) is 0 Å². The van der Waals surface area contributed by atoms with Gasteiger partial charge in [0.2, 0.25) is 0 Å². The molecule has 0 saturated heterocycles. The SMILES string of the molecule is C.C.CCCCCCCCCCCC([O])=O.CCCCCCCCCCCC([O])=O.[Sn]. The molecule has 0 fully saturated rings. The van der Waals surface area contributed by atoms with Crippen LogP contribution >= 0.6 is 0 Å². The number of rotatable bonds is 20. The van der Waals surface area contributed by atoms with E-state index >= 15 is 0 Å². The molecule has 5 heteroatoms. The second-order valence-corrected chi connectivity index (χ2v) is 7.90. The van der Waals surface area contributed by atoms with Crippen LogP contribution < -0.4 is 0 Å². The van der Waals surface area contributed by atoms with Crippen molar-refractivity contribution in [1.82, 2.24) is 0 Å². The summed E-state index contributed by atoms with van der Waals surface area (Å²) in [7, 11) is 0. The summed E-state index contributed by atoms with van der Waals surface area (Å²) < 4.78 is 0. The summed E-state index contributed by atoms with van der Waals surface area (Å²) >= 11 is 0. The van der Waals surface area contributed by atoms with Crippen LogP contribution in [0.15, 0.2) is 0 Å². The summed E-state index contributed by atoms with van der Waals surface area (Å²) in [6.07, 6.45) is 22.3. The Morgan fingerprint density at radius 1 is 0.419 bits per heavy atom. The molecule has 0 rings (SSSR count). The van der Waals surface area contributed by atoms with Gasteiger partial charge in [0.15, 0.2) is 0 Å². The molecule has 0 aliphatic carbocycles. The first-order valence-corrected chi connectivity index (χ1v) is 11.9. The molecule has 0 aliphatic heterocycles. The average Bonchev–Trinajstić information content (AvgIpc) is 2.65. The molecule has 0 aromatic rings. The molecule has 0 amide bonds. The maximum atomic E-state index is 10.1. The summed E-state index contributed by atoms with van der Waals surface area (Å²) in [5.41, 5.74) is 0. The molecule has 0 atom stereocenters. The zero-order valence-corrected chi connectivity index (χ0v) is 22.1. The first-order valence-electron chi connectivity index (χ1n) is 11.9. The smallest absolute Gasteiger partial charge is 0.247 e. The fourth-order valence-electron chi connectivity index (χ4n) is 3.16. The summed E-state index contributed by atoms with van der Waals surface area (Å²) in [6, 6.07) is 0. The van der Waals surface area contributed by atoms with Gasteiger partial charge in [-0.2, -0.15) is 0 Å². The Kier molecular flexibility index (Phi) is 49.1. The molecule has 0 aromatic heterocycles. The van der Waals surface area contributed by atoms with Crippen LogP contribution in [0, 0.1) is 0 Å². The van der Waals surface area contributed by atoms with Crippen molar-refractivity contribution in [2.75, 3.05) is 0 Å². The van der Waals surface area contributed by atoms with Gasteiger partial charge in [-0.05, 0) is 12.8 Å². The van der Waals surface area contributed by atoms with Crippen LogP contribution in [0.2, 0.25) is 0 Å². The minimum Gasteiger partial charge on any atom is -0.247 e. The Labute approximate surface area is 212 Å². The van der Waals surface area contributed by atoms with Crippen molar-refractivity contribution in [3.8, 4) is 0 Å². The van der Waals surface area contributed by atoms with Crippen LogP contribution in [-0.2, 0) is 19.8 Å². The van der Waals surface area contributed by atoms with Gasteiger partial charge in [-0.15, -0.1) is 0 Å². The molecule has 31 heavy (non-hydrogen) atoms. The predicted octanol–water partition coefficient (Wildman–Crippen LogP) is 8.62. The van der Waals surface area contributed by atoms with E-state index in [0.717, 1.165) is 25.7 Å². The van der Waals surface area contributed by atoms with E-state index in [0.29, 0.717) is 0 Å². The summed E-state index contributed by atoms with van der Waals surface area (Å²) in [5.74, 6) is -1.82. The second-order valence-electron chi connectivity index (χ2n) is 7.90. The third-order valence-electron chi connectivity index (χ3n) is 4.97. The maximum absolute atomic E-state index is 10.1. The van der Waals surface area contributed by atoms with Crippen molar-refractivity contribution in [2.24, 2.45) is 0 Å².